The Bertz CT molecular complexity index is 1440. The van der Waals surface area contributed by atoms with Crippen molar-refractivity contribution in [1.29, 1.82) is 0 Å². The van der Waals surface area contributed by atoms with Crippen LogP contribution in [0.3, 0.4) is 0 Å². The lowest BCUT2D eigenvalue weighted by Crippen LogP contribution is -2.27. The van der Waals surface area contributed by atoms with Gasteiger partial charge in [0.05, 0.1) is 26.4 Å². The molecule has 1 amide bonds. The molecule has 4 N–H and O–H groups in total. The lowest BCUT2D eigenvalue weighted by molar-refractivity contribution is 0.0519. The van der Waals surface area contributed by atoms with Gasteiger partial charge in [-0.25, -0.2) is 0 Å². The highest BCUT2D eigenvalue weighted by Gasteiger charge is 2.17. The number of rotatable bonds is 17. The second-order valence-electron chi connectivity index (χ2n) is 9.42. The first-order valence-corrected chi connectivity index (χ1v) is 14.1. The number of ether oxygens (including phenoxy) is 4. The number of hydrogen-bond acceptors (Lipinski definition) is 11. The fourth-order valence-electron chi connectivity index (χ4n) is 4.18. The molecule has 0 unspecified atom stereocenters. The van der Waals surface area contributed by atoms with Gasteiger partial charge in [0.25, 0.3) is 5.91 Å². The molecule has 5 rings (SSSR count). The van der Waals surface area contributed by atoms with Crippen molar-refractivity contribution in [3.05, 3.63) is 95.6 Å². The maximum atomic E-state index is 12.0. The van der Waals surface area contributed by atoms with Gasteiger partial charge < -0.3 is 40.2 Å². The predicted molar refractivity (Wildman–Crippen MR) is 162 cm³/mol. The Morgan fingerprint density at radius 1 is 0.674 bits per heavy atom. The Morgan fingerprint density at radius 2 is 1.33 bits per heavy atom. The van der Waals surface area contributed by atoms with E-state index in [-0.39, 0.29) is 12.7 Å². The molecule has 0 atom stereocenters. The topological polar surface area (TPSA) is 141 Å². The third-order valence-corrected chi connectivity index (χ3v) is 6.31. The van der Waals surface area contributed by atoms with Crippen molar-refractivity contribution >= 4 is 23.8 Å². The van der Waals surface area contributed by atoms with Gasteiger partial charge in [0.2, 0.25) is 24.6 Å². The fraction of sp³-hybridized carbons (Fsp3) is 0.290. The quantitative estimate of drug-likeness (QED) is 0.135. The number of carbonyl (C=O) groups excluding carboxylic acids is 1. The van der Waals surface area contributed by atoms with Gasteiger partial charge in [0.15, 0.2) is 11.5 Å². The van der Waals surface area contributed by atoms with Crippen molar-refractivity contribution < 1.29 is 23.7 Å². The minimum absolute atomic E-state index is 0.117. The molecule has 1 aromatic heterocycles. The van der Waals surface area contributed by atoms with Gasteiger partial charge in [-0.15, -0.1) is 0 Å². The van der Waals surface area contributed by atoms with Crippen LogP contribution in [0.15, 0.2) is 78.9 Å². The van der Waals surface area contributed by atoms with Crippen molar-refractivity contribution in [2.75, 3.05) is 62.3 Å². The Hall–Kier alpha value is -4.94. The minimum Gasteiger partial charge on any atom is -0.454 e. The van der Waals surface area contributed by atoms with E-state index in [1.54, 1.807) is 12.1 Å². The summed E-state index contributed by atoms with van der Waals surface area (Å²) >= 11 is 0. The molecular formula is C31H35N7O5. The molecule has 43 heavy (non-hydrogen) atoms. The Morgan fingerprint density at radius 3 is 2.07 bits per heavy atom. The van der Waals surface area contributed by atoms with E-state index in [0.717, 1.165) is 22.6 Å². The number of amides is 1. The van der Waals surface area contributed by atoms with Crippen LogP contribution in [-0.4, -0.2) is 67.2 Å². The number of benzene rings is 3. The van der Waals surface area contributed by atoms with E-state index in [9.17, 15) is 4.79 Å². The number of fused-ring (bicyclic) bond motifs is 1. The van der Waals surface area contributed by atoms with Crippen LogP contribution in [0.25, 0.3) is 0 Å². The summed E-state index contributed by atoms with van der Waals surface area (Å²) in [5.41, 5.74) is 2.68. The average molecular weight is 586 g/mol. The molecule has 0 fully saturated rings. The highest BCUT2D eigenvalue weighted by Crippen LogP contribution is 2.35. The molecule has 12 nitrogen and oxygen atoms in total. The summed E-state index contributed by atoms with van der Waals surface area (Å²) in [5, 5.41) is 12.6. The van der Waals surface area contributed by atoms with E-state index < -0.39 is 0 Å². The monoisotopic (exact) mass is 585 g/mol. The van der Waals surface area contributed by atoms with Crippen molar-refractivity contribution in [2.24, 2.45) is 0 Å². The Kier molecular flexibility index (Phi) is 10.9. The van der Waals surface area contributed by atoms with Crippen molar-refractivity contribution in [1.82, 2.24) is 20.3 Å². The molecular weight excluding hydrogens is 550 g/mol. The summed E-state index contributed by atoms with van der Waals surface area (Å²) in [6.45, 7) is 3.84. The largest absolute Gasteiger partial charge is 0.454 e. The van der Waals surface area contributed by atoms with Crippen LogP contribution >= 0.6 is 0 Å². The molecule has 0 aliphatic carbocycles. The van der Waals surface area contributed by atoms with Gasteiger partial charge in [0, 0.05) is 37.3 Å². The lowest BCUT2D eigenvalue weighted by Gasteiger charge is -2.12. The first kappa shape index (κ1) is 29.5. The molecule has 4 aromatic rings. The average Bonchev–Trinajstić information content (AvgIpc) is 3.54. The zero-order chi connectivity index (χ0) is 29.5. The molecule has 1 aliphatic rings. The molecule has 0 bridgehead atoms. The van der Waals surface area contributed by atoms with Crippen LogP contribution in [0.2, 0.25) is 0 Å². The van der Waals surface area contributed by atoms with Gasteiger partial charge in [-0.2, -0.15) is 15.0 Å². The normalized spacial score (nSPS) is 11.6. The highest BCUT2D eigenvalue weighted by atomic mass is 16.7. The minimum atomic E-state index is -0.117. The van der Waals surface area contributed by atoms with E-state index in [2.05, 4.69) is 36.2 Å². The summed E-state index contributed by atoms with van der Waals surface area (Å²) in [6, 6.07) is 24.9. The summed E-state index contributed by atoms with van der Waals surface area (Å²) in [7, 11) is 0. The van der Waals surface area contributed by atoms with Gasteiger partial charge in [0.1, 0.15) is 0 Å². The first-order valence-electron chi connectivity index (χ1n) is 14.1. The van der Waals surface area contributed by atoms with E-state index in [0.29, 0.717) is 76.0 Å². The van der Waals surface area contributed by atoms with E-state index >= 15 is 0 Å². The molecule has 2 heterocycles. The summed E-state index contributed by atoms with van der Waals surface area (Å²) in [4.78, 5) is 25.6. The second kappa shape index (κ2) is 15.9. The molecule has 224 valence electrons. The predicted octanol–water partition coefficient (Wildman–Crippen LogP) is 3.70. The maximum Gasteiger partial charge on any atom is 0.251 e. The number of para-hydroxylation sites is 1. The van der Waals surface area contributed by atoms with Crippen LogP contribution in [-0.2, 0) is 22.6 Å². The number of aromatic nitrogens is 3. The smallest absolute Gasteiger partial charge is 0.251 e. The zero-order valence-corrected chi connectivity index (χ0v) is 23.8. The molecule has 0 saturated carbocycles. The van der Waals surface area contributed by atoms with Crippen molar-refractivity contribution in [3.63, 3.8) is 0 Å². The van der Waals surface area contributed by atoms with Crippen molar-refractivity contribution in [3.8, 4) is 11.5 Å². The number of nitrogens with one attached hydrogen (secondary N) is 4. The van der Waals surface area contributed by atoms with Gasteiger partial charge in [-0.1, -0.05) is 60.7 Å². The molecule has 12 heteroatoms. The Balaban J connectivity index is 1.05. The van der Waals surface area contributed by atoms with Crippen LogP contribution in [0.1, 0.15) is 21.5 Å². The van der Waals surface area contributed by atoms with Gasteiger partial charge in [-0.3, -0.25) is 4.79 Å². The van der Waals surface area contributed by atoms with Gasteiger partial charge in [-0.05, 0) is 23.8 Å². The second-order valence-corrected chi connectivity index (χ2v) is 9.42. The molecule has 0 saturated heterocycles. The molecule has 1 aliphatic heterocycles. The number of anilines is 3. The van der Waals surface area contributed by atoms with E-state index in [1.807, 2.05) is 66.7 Å². The van der Waals surface area contributed by atoms with Crippen LogP contribution < -0.4 is 30.7 Å². The zero-order valence-electron chi connectivity index (χ0n) is 23.8. The first-order chi connectivity index (χ1) is 21.2. The SMILES string of the molecule is O=C(NCCOCCOCCNc1nc(NCc2ccccc2)nc(NCc2cccc3c2OCO3)n1)c1ccccc1. The van der Waals surface area contributed by atoms with Gasteiger partial charge >= 0.3 is 0 Å². The van der Waals surface area contributed by atoms with Crippen LogP contribution in [0, 0.1) is 0 Å². The fourth-order valence-corrected chi connectivity index (χ4v) is 4.18. The third kappa shape index (κ3) is 9.28. The van der Waals surface area contributed by atoms with Crippen LogP contribution in [0.4, 0.5) is 17.8 Å². The maximum absolute atomic E-state index is 12.0. The van der Waals surface area contributed by atoms with E-state index in [1.165, 1.54) is 0 Å². The summed E-state index contributed by atoms with van der Waals surface area (Å²) < 4.78 is 22.3. The number of hydrogen-bond donors (Lipinski definition) is 4. The van der Waals surface area contributed by atoms with Crippen LogP contribution in [0.5, 0.6) is 11.5 Å². The summed E-state index contributed by atoms with van der Waals surface area (Å²) in [6.07, 6.45) is 0. The molecule has 0 spiro atoms. The molecule has 0 radical (unpaired) electrons. The number of nitrogens with zero attached hydrogens (tertiary/aromatic N) is 3. The van der Waals surface area contributed by atoms with Crippen molar-refractivity contribution in [2.45, 2.75) is 13.1 Å². The summed E-state index contributed by atoms with van der Waals surface area (Å²) in [5.74, 6) is 2.60. The lowest BCUT2D eigenvalue weighted by atomic mass is 10.2. The Labute approximate surface area is 250 Å². The molecule has 3 aromatic carbocycles. The number of carbonyl (C=O) groups is 1. The van der Waals surface area contributed by atoms with E-state index in [4.69, 9.17) is 18.9 Å². The standard InChI is InChI=1S/C31H35N7O5/c39-28(24-10-5-2-6-11-24)32-14-16-40-18-19-41-17-15-33-29-36-30(34-20-23-8-3-1-4-9-23)38-31(37-29)35-21-25-12-7-13-26-27(25)43-22-42-26/h1-13H,14-22H2,(H,32,39)(H3,33,34,35,36,37,38). The third-order valence-electron chi connectivity index (χ3n) is 6.31. The highest BCUT2D eigenvalue weighted by molar-refractivity contribution is 5.94.